The van der Waals surface area contributed by atoms with Crippen molar-refractivity contribution >= 4 is 11.8 Å². The second kappa shape index (κ2) is 5.90. The van der Waals surface area contributed by atoms with Crippen LogP contribution in [0.5, 0.6) is 0 Å². The van der Waals surface area contributed by atoms with Crippen LogP contribution in [0.25, 0.3) is 0 Å². The van der Waals surface area contributed by atoms with Crippen molar-refractivity contribution < 1.29 is 62.4 Å². The molecule has 42 valence electrons. The van der Waals surface area contributed by atoms with E-state index in [2.05, 4.69) is 0 Å². The zero-order valence-electron chi connectivity index (χ0n) is 6.32. The number of imide groups is 1. The fourth-order valence-corrected chi connectivity index (χ4v) is 0.248. The van der Waals surface area contributed by atoms with E-state index in [0.29, 0.717) is 0 Å². The average molecular weight is 141 g/mol. The number of amides is 2. The van der Waals surface area contributed by atoms with Crippen LogP contribution in [0, 0.1) is 0 Å². The first kappa shape index (κ1) is 11.6. The number of hydrogen-bond donors (Lipinski definition) is 1. The fourth-order valence-electron chi connectivity index (χ4n) is 0.248. The predicted molar refractivity (Wildman–Crippen MR) is 25.6 cm³/mol. The Morgan fingerprint density at radius 1 is 1.25 bits per heavy atom. The van der Waals surface area contributed by atoms with Crippen LogP contribution in [0.2, 0.25) is 0 Å². The molecule has 3 nitrogen and oxygen atoms in total. The monoisotopic (exact) mass is 141 g/mol. The van der Waals surface area contributed by atoms with Crippen molar-refractivity contribution in [1.29, 1.82) is 0 Å². The Kier molecular flexibility index (Phi) is 8.53. The molecule has 0 aliphatic rings. The first-order chi connectivity index (χ1) is 3.13. The molecule has 0 saturated heterocycles. The normalized spacial score (nSPS) is 6.75. The molecule has 1 N–H and O–H groups in total. The molecule has 0 aliphatic carbocycles. The maximum absolute atomic E-state index is 9.92. The van der Waals surface area contributed by atoms with Gasteiger partial charge in [-0.25, -0.2) is 0 Å². The second-order valence-corrected chi connectivity index (χ2v) is 1.24. The molecule has 0 atom stereocenters. The van der Waals surface area contributed by atoms with E-state index in [-0.39, 0.29) is 64.6 Å². The molecule has 8 heavy (non-hydrogen) atoms. The molecular formula is C4H8KNO2. The number of carbonyl (C=O) groups excluding carboxylic acids is 2. The van der Waals surface area contributed by atoms with E-state index < -0.39 is 0 Å². The van der Waals surface area contributed by atoms with Gasteiger partial charge in [0.05, 0.1) is 0 Å². The maximum Gasteiger partial charge on any atom is 1.00 e. The summed E-state index contributed by atoms with van der Waals surface area (Å²) in [5.74, 6) is -0.625. The zero-order chi connectivity index (χ0) is 5.86. The van der Waals surface area contributed by atoms with Crippen LogP contribution >= 0.6 is 0 Å². The van der Waals surface area contributed by atoms with Gasteiger partial charge in [-0.2, -0.15) is 0 Å². The van der Waals surface area contributed by atoms with E-state index in [4.69, 9.17) is 0 Å². The molecule has 0 radical (unpaired) electrons. The van der Waals surface area contributed by atoms with Crippen LogP contribution in [-0.4, -0.2) is 11.8 Å². The number of nitrogens with one attached hydrogen (secondary N) is 1. The van der Waals surface area contributed by atoms with Gasteiger partial charge in [-0.3, -0.25) is 14.9 Å². The molecule has 0 fully saturated rings. The first-order valence-electron chi connectivity index (χ1n) is 1.91. The summed E-state index contributed by atoms with van der Waals surface area (Å²) >= 11 is 0. The van der Waals surface area contributed by atoms with Gasteiger partial charge in [-0.15, -0.1) is 0 Å². The SMILES string of the molecule is CC(=O)NC(C)=O.[H-].[K+]. The van der Waals surface area contributed by atoms with Gasteiger partial charge < -0.3 is 1.43 Å². The van der Waals surface area contributed by atoms with Gasteiger partial charge in [0.2, 0.25) is 11.8 Å². The first-order valence-corrected chi connectivity index (χ1v) is 1.91. The van der Waals surface area contributed by atoms with E-state index in [1.165, 1.54) is 13.8 Å². The Morgan fingerprint density at radius 3 is 1.50 bits per heavy atom. The minimum absolute atomic E-state index is 0. The molecule has 0 spiro atoms. The summed E-state index contributed by atoms with van der Waals surface area (Å²) in [5.41, 5.74) is 0. The average Bonchev–Trinajstić information content (AvgIpc) is 1.27. The van der Waals surface area contributed by atoms with Gasteiger partial charge in [-0.05, 0) is 0 Å². The van der Waals surface area contributed by atoms with E-state index in [9.17, 15) is 9.59 Å². The summed E-state index contributed by atoms with van der Waals surface area (Å²) in [5, 5.41) is 2.03. The standard InChI is InChI=1S/C4H7NO2.K.H/c1-3(6)5-4(2)7;;/h1-2H3,(H,5,6,7);;/q;+1;-1. The minimum atomic E-state index is -0.312. The van der Waals surface area contributed by atoms with Gasteiger partial charge in [0.15, 0.2) is 0 Å². The molecule has 0 aromatic heterocycles. The van der Waals surface area contributed by atoms with E-state index in [1.54, 1.807) is 0 Å². The predicted octanol–water partition coefficient (Wildman–Crippen LogP) is -3.21. The Bertz CT molecular complexity index is 94.7. The van der Waals surface area contributed by atoms with E-state index in [0.717, 1.165) is 0 Å². The quantitative estimate of drug-likeness (QED) is 0.361. The summed E-state index contributed by atoms with van der Waals surface area (Å²) in [6.07, 6.45) is 0. The number of hydrogen-bond acceptors (Lipinski definition) is 2. The van der Waals surface area contributed by atoms with Crippen molar-refractivity contribution in [1.82, 2.24) is 5.32 Å². The van der Waals surface area contributed by atoms with Crippen molar-refractivity contribution in [3.63, 3.8) is 0 Å². The molecule has 0 aromatic carbocycles. The number of carbonyl (C=O) groups is 2. The maximum atomic E-state index is 9.92. The van der Waals surface area contributed by atoms with Gasteiger partial charge in [0.25, 0.3) is 0 Å². The minimum Gasteiger partial charge on any atom is -1.00 e. The summed E-state index contributed by atoms with van der Waals surface area (Å²) in [6.45, 7) is 2.59. The third-order valence-electron chi connectivity index (χ3n) is 0.352. The molecule has 0 heterocycles. The molecule has 0 aliphatic heterocycles. The van der Waals surface area contributed by atoms with Crippen molar-refractivity contribution in [2.75, 3.05) is 0 Å². The largest absolute Gasteiger partial charge is 1.00 e. The second-order valence-electron chi connectivity index (χ2n) is 1.24. The number of rotatable bonds is 0. The van der Waals surface area contributed by atoms with Crippen LogP contribution < -0.4 is 56.7 Å². The summed E-state index contributed by atoms with van der Waals surface area (Å²) < 4.78 is 0. The van der Waals surface area contributed by atoms with E-state index in [1.807, 2.05) is 5.32 Å². The Hall–Kier alpha value is 0.776. The molecular weight excluding hydrogens is 133 g/mol. The molecule has 0 bridgehead atoms. The van der Waals surface area contributed by atoms with Crippen LogP contribution in [0.3, 0.4) is 0 Å². The smallest absolute Gasteiger partial charge is 1.00 e. The Morgan fingerprint density at radius 2 is 1.50 bits per heavy atom. The topological polar surface area (TPSA) is 46.2 Å². The van der Waals surface area contributed by atoms with Crippen LogP contribution in [-0.2, 0) is 9.59 Å². The van der Waals surface area contributed by atoms with Crippen molar-refractivity contribution in [2.24, 2.45) is 0 Å². The summed E-state index contributed by atoms with van der Waals surface area (Å²) in [7, 11) is 0. The summed E-state index contributed by atoms with van der Waals surface area (Å²) in [6, 6.07) is 0. The molecule has 4 heteroatoms. The van der Waals surface area contributed by atoms with Crippen molar-refractivity contribution in [2.45, 2.75) is 13.8 Å². The van der Waals surface area contributed by atoms with Crippen LogP contribution in [0.15, 0.2) is 0 Å². The fraction of sp³-hybridized carbons (Fsp3) is 0.500. The Labute approximate surface area is 92.1 Å². The Balaban J connectivity index is -0.000000180. The molecule has 0 unspecified atom stereocenters. The van der Waals surface area contributed by atoms with Crippen molar-refractivity contribution in [3.8, 4) is 0 Å². The molecule has 0 rings (SSSR count). The van der Waals surface area contributed by atoms with Gasteiger partial charge in [0.1, 0.15) is 0 Å². The van der Waals surface area contributed by atoms with Crippen LogP contribution in [0.4, 0.5) is 0 Å². The van der Waals surface area contributed by atoms with Gasteiger partial charge in [-0.1, -0.05) is 0 Å². The van der Waals surface area contributed by atoms with Crippen LogP contribution in [0.1, 0.15) is 15.3 Å². The molecule has 2 amide bonds. The van der Waals surface area contributed by atoms with Crippen molar-refractivity contribution in [3.05, 3.63) is 0 Å². The van der Waals surface area contributed by atoms with Gasteiger partial charge >= 0.3 is 51.4 Å². The molecule has 0 aromatic rings. The van der Waals surface area contributed by atoms with E-state index >= 15 is 0 Å². The zero-order valence-corrected chi connectivity index (χ0v) is 8.44. The van der Waals surface area contributed by atoms with Gasteiger partial charge in [0, 0.05) is 13.8 Å². The third kappa shape index (κ3) is 9.91. The molecule has 0 saturated carbocycles. The summed E-state index contributed by atoms with van der Waals surface area (Å²) in [4.78, 5) is 19.8. The third-order valence-corrected chi connectivity index (χ3v) is 0.352.